The van der Waals surface area contributed by atoms with E-state index >= 15 is 0 Å². The average Bonchev–Trinajstić information content (AvgIpc) is 3.29. The number of hydrogen-bond acceptors (Lipinski definition) is 5. The van der Waals surface area contributed by atoms with Gasteiger partial charge in [0.25, 0.3) is 0 Å². The minimum atomic E-state index is -0.347. The van der Waals surface area contributed by atoms with Crippen LogP contribution in [-0.4, -0.2) is 37.4 Å². The van der Waals surface area contributed by atoms with E-state index in [0.717, 1.165) is 29.7 Å². The van der Waals surface area contributed by atoms with Gasteiger partial charge in [-0.15, -0.1) is 0 Å². The second-order valence-electron chi connectivity index (χ2n) is 6.85. The van der Waals surface area contributed by atoms with Crippen LogP contribution >= 0.6 is 0 Å². The molecular weight excluding hydrogens is 344 g/mol. The molecule has 1 fully saturated rings. The Morgan fingerprint density at radius 3 is 2.63 bits per heavy atom. The standard InChI is InChI=1S/C19H18N6O2/c26-25(27)19-18(22-16-7-3-4-10-24(16)19)23-11-8-13(9-12-23)17-20-14-5-1-2-6-15(14)21-17/h1-7,10,13H,8-9,11-12H2,(H,20,21). The van der Waals surface area contributed by atoms with E-state index in [1.165, 1.54) is 0 Å². The molecule has 4 aromatic rings. The summed E-state index contributed by atoms with van der Waals surface area (Å²) in [5, 5.41) is 11.6. The van der Waals surface area contributed by atoms with Gasteiger partial charge in [-0.05, 0) is 36.0 Å². The van der Waals surface area contributed by atoms with Gasteiger partial charge in [-0.3, -0.25) is 0 Å². The first-order valence-corrected chi connectivity index (χ1v) is 9.02. The number of aromatic amines is 1. The molecule has 0 spiro atoms. The van der Waals surface area contributed by atoms with Crippen molar-refractivity contribution in [1.29, 1.82) is 0 Å². The molecule has 1 aromatic carbocycles. The predicted molar refractivity (Wildman–Crippen MR) is 102 cm³/mol. The molecule has 0 aliphatic carbocycles. The second kappa shape index (κ2) is 6.08. The second-order valence-corrected chi connectivity index (χ2v) is 6.85. The lowest BCUT2D eigenvalue weighted by atomic mass is 9.96. The van der Waals surface area contributed by atoms with Crippen LogP contribution in [0.15, 0.2) is 48.7 Å². The lowest BCUT2D eigenvalue weighted by Gasteiger charge is -2.30. The molecule has 1 saturated heterocycles. The van der Waals surface area contributed by atoms with E-state index in [0.29, 0.717) is 30.5 Å². The average molecular weight is 362 g/mol. The van der Waals surface area contributed by atoms with Gasteiger partial charge in [-0.2, -0.15) is 9.38 Å². The van der Waals surface area contributed by atoms with Crippen molar-refractivity contribution in [1.82, 2.24) is 19.4 Å². The molecule has 1 aliphatic rings. The number of nitro groups is 1. The molecule has 136 valence electrons. The topological polar surface area (TPSA) is 92.4 Å². The molecule has 0 unspecified atom stereocenters. The first kappa shape index (κ1) is 15.8. The Bertz CT molecular complexity index is 1110. The highest BCUT2D eigenvalue weighted by Gasteiger charge is 2.31. The number of nitrogens with zero attached hydrogens (tertiary/aromatic N) is 5. The molecule has 0 saturated carbocycles. The smallest absolute Gasteiger partial charge is 0.358 e. The molecule has 8 nitrogen and oxygen atoms in total. The van der Waals surface area contributed by atoms with Gasteiger partial charge in [0, 0.05) is 25.1 Å². The zero-order valence-electron chi connectivity index (χ0n) is 14.6. The van der Waals surface area contributed by atoms with Gasteiger partial charge in [0.05, 0.1) is 17.2 Å². The van der Waals surface area contributed by atoms with Crippen LogP contribution in [0, 0.1) is 10.1 Å². The third kappa shape index (κ3) is 2.61. The van der Waals surface area contributed by atoms with Gasteiger partial charge in [0.1, 0.15) is 5.82 Å². The SMILES string of the molecule is O=[N+]([O-])c1c(N2CCC(c3nc4ccccc4[nH]3)CC2)nc2ccccn12. The first-order valence-electron chi connectivity index (χ1n) is 9.02. The van der Waals surface area contributed by atoms with Gasteiger partial charge in [0.2, 0.25) is 11.5 Å². The van der Waals surface area contributed by atoms with E-state index in [1.807, 2.05) is 35.2 Å². The molecule has 0 radical (unpaired) electrons. The van der Waals surface area contributed by atoms with Crippen LogP contribution in [-0.2, 0) is 0 Å². The third-order valence-electron chi connectivity index (χ3n) is 5.25. The molecule has 1 N–H and O–H groups in total. The number of benzene rings is 1. The highest BCUT2D eigenvalue weighted by Crippen LogP contribution is 2.34. The van der Waals surface area contributed by atoms with E-state index < -0.39 is 0 Å². The van der Waals surface area contributed by atoms with Crippen molar-refractivity contribution in [2.45, 2.75) is 18.8 Å². The van der Waals surface area contributed by atoms with Gasteiger partial charge in [0.15, 0.2) is 0 Å². The summed E-state index contributed by atoms with van der Waals surface area (Å²) in [6.45, 7) is 1.43. The molecule has 8 heteroatoms. The number of fused-ring (bicyclic) bond motifs is 2. The molecule has 4 heterocycles. The van der Waals surface area contributed by atoms with Crippen molar-refractivity contribution < 1.29 is 4.92 Å². The summed E-state index contributed by atoms with van der Waals surface area (Å²) in [6, 6.07) is 13.4. The van der Waals surface area contributed by atoms with Crippen LogP contribution in [0.1, 0.15) is 24.6 Å². The number of pyridine rings is 1. The Labute approximate surface area is 154 Å². The van der Waals surface area contributed by atoms with Crippen LogP contribution in [0.4, 0.5) is 11.6 Å². The Hall–Kier alpha value is -3.42. The van der Waals surface area contributed by atoms with Gasteiger partial charge < -0.3 is 20.0 Å². The number of para-hydroxylation sites is 2. The van der Waals surface area contributed by atoms with Crippen molar-refractivity contribution in [3.05, 3.63) is 64.6 Å². The predicted octanol–water partition coefficient (Wildman–Crippen LogP) is 3.50. The zero-order chi connectivity index (χ0) is 18.4. The monoisotopic (exact) mass is 362 g/mol. The van der Waals surface area contributed by atoms with Crippen LogP contribution in [0.5, 0.6) is 0 Å². The summed E-state index contributed by atoms with van der Waals surface area (Å²) in [7, 11) is 0. The minimum absolute atomic E-state index is 0.0350. The lowest BCUT2D eigenvalue weighted by molar-refractivity contribution is -0.389. The van der Waals surface area contributed by atoms with Gasteiger partial charge >= 0.3 is 5.82 Å². The summed E-state index contributed by atoms with van der Waals surface area (Å²) in [4.78, 5) is 25.9. The molecule has 3 aromatic heterocycles. The number of piperidine rings is 1. The number of anilines is 1. The maximum absolute atomic E-state index is 11.6. The fourth-order valence-corrected chi connectivity index (χ4v) is 3.88. The largest absolute Gasteiger partial charge is 0.372 e. The fourth-order valence-electron chi connectivity index (χ4n) is 3.88. The minimum Gasteiger partial charge on any atom is -0.358 e. The molecule has 0 amide bonds. The van der Waals surface area contributed by atoms with E-state index in [4.69, 9.17) is 4.98 Å². The number of imidazole rings is 2. The molecule has 27 heavy (non-hydrogen) atoms. The van der Waals surface area contributed by atoms with Gasteiger partial charge in [-0.1, -0.05) is 18.2 Å². The van der Waals surface area contributed by atoms with Crippen molar-refractivity contribution in [2.24, 2.45) is 0 Å². The normalized spacial score (nSPS) is 15.6. The number of aromatic nitrogens is 4. The number of nitrogens with one attached hydrogen (secondary N) is 1. The molecule has 0 atom stereocenters. The number of hydrogen-bond donors (Lipinski definition) is 1. The van der Waals surface area contributed by atoms with Crippen LogP contribution < -0.4 is 4.90 Å². The highest BCUT2D eigenvalue weighted by molar-refractivity contribution is 5.74. The lowest BCUT2D eigenvalue weighted by Crippen LogP contribution is -2.33. The summed E-state index contributed by atoms with van der Waals surface area (Å²) < 4.78 is 1.54. The summed E-state index contributed by atoms with van der Waals surface area (Å²) >= 11 is 0. The number of rotatable bonds is 3. The van der Waals surface area contributed by atoms with Crippen molar-refractivity contribution in [3.8, 4) is 0 Å². The summed E-state index contributed by atoms with van der Waals surface area (Å²) in [5.74, 6) is 1.81. The summed E-state index contributed by atoms with van der Waals surface area (Å²) in [6.07, 6.45) is 3.45. The Morgan fingerprint density at radius 1 is 1.07 bits per heavy atom. The number of H-pyrrole nitrogens is 1. The van der Waals surface area contributed by atoms with E-state index in [9.17, 15) is 10.1 Å². The molecule has 5 rings (SSSR count). The molecular formula is C19H18N6O2. The van der Waals surface area contributed by atoms with Crippen molar-refractivity contribution >= 4 is 28.3 Å². The summed E-state index contributed by atoms with van der Waals surface area (Å²) in [5.41, 5.74) is 2.62. The Balaban J connectivity index is 1.41. The highest BCUT2D eigenvalue weighted by atomic mass is 16.6. The van der Waals surface area contributed by atoms with Crippen molar-refractivity contribution in [3.63, 3.8) is 0 Å². The third-order valence-corrected chi connectivity index (χ3v) is 5.25. The maximum Gasteiger partial charge on any atom is 0.372 e. The fraction of sp³-hybridized carbons (Fsp3) is 0.263. The van der Waals surface area contributed by atoms with Crippen LogP contribution in [0.3, 0.4) is 0 Å². The Morgan fingerprint density at radius 2 is 1.85 bits per heavy atom. The Kier molecular flexibility index (Phi) is 3.56. The quantitative estimate of drug-likeness (QED) is 0.445. The van der Waals surface area contributed by atoms with Crippen LogP contribution in [0.2, 0.25) is 0 Å². The van der Waals surface area contributed by atoms with Crippen LogP contribution in [0.25, 0.3) is 16.7 Å². The maximum atomic E-state index is 11.6. The molecule has 0 bridgehead atoms. The zero-order valence-corrected chi connectivity index (χ0v) is 14.6. The first-order chi connectivity index (χ1) is 13.2. The van der Waals surface area contributed by atoms with Gasteiger partial charge in [-0.25, -0.2) is 4.98 Å². The van der Waals surface area contributed by atoms with E-state index in [-0.39, 0.29) is 10.7 Å². The van der Waals surface area contributed by atoms with E-state index in [1.54, 1.807) is 22.7 Å². The van der Waals surface area contributed by atoms with E-state index in [2.05, 4.69) is 9.97 Å². The molecule has 1 aliphatic heterocycles. The van der Waals surface area contributed by atoms with Crippen molar-refractivity contribution in [2.75, 3.05) is 18.0 Å².